The summed E-state index contributed by atoms with van der Waals surface area (Å²) >= 11 is 1.11. The van der Waals surface area contributed by atoms with E-state index in [1.165, 1.54) is 0 Å². The monoisotopic (exact) mass is 382 g/mol. The highest BCUT2D eigenvalue weighted by atomic mass is 32.2. The molecule has 0 atom stereocenters. The Labute approximate surface area is 152 Å². The van der Waals surface area contributed by atoms with E-state index in [-0.39, 0.29) is 11.2 Å². The zero-order valence-electron chi connectivity index (χ0n) is 14.7. The van der Waals surface area contributed by atoms with Crippen LogP contribution in [0.4, 0.5) is 0 Å². The van der Waals surface area contributed by atoms with Crippen molar-refractivity contribution in [3.63, 3.8) is 0 Å². The van der Waals surface area contributed by atoms with E-state index < -0.39 is 7.60 Å². The SMILES string of the molecule is Cc1cc(SCP(=O)(O)O)cc(C)c1Oc1ccc(C(C)C)cc1O. The van der Waals surface area contributed by atoms with Gasteiger partial charge in [-0.1, -0.05) is 19.9 Å². The first-order valence-corrected chi connectivity index (χ1v) is 10.6. The molecule has 0 saturated heterocycles. The Hall–Kier alpha value is -1.46. The van der Waals surface area contributed by atoms with Crippen LogP contribution in [0, 0.1) is 13.8 Å². The maximum Gasteiger partial charge on any atom is 0.335 e. The van der Waals surface area contributed by atoms with Gasteiger partial charge in [-0.05, 0) is 60.7 Å². The molecule has 0 unspecified atom stereocenters. The predicted molar refractivity (Wildman–Crippen MR) is 101 cm³/mol. The van der Waals surface area contributed by atoms with Crippen molar-refractivity contribution in [2.45, 2.75) is 38.5 Å². The van der Waals surface area contributed by atoms with Crippen molar-refractivity contribution in [3.05, 3.63) is 47.0 Å². The van der Waals surface area contributed by atoms with Crippen LogP contribution in [0.2, 0.25) is 0 Å². The van der Waals surface area contributed by atoms with Crippen molar-refractivity contribution in [2.75, 3.05) is 5.49 Å². The molecule has 5 nitrogen and oxygen atoms in total. The fraction of sp³-hybridized carbons (Fsp3) is 0.333. The summed E-state index contributed by atoms with van der Waals surface area (Å²) in [5.74, 6) is 1.41. The topological polar surface area (TPSA) is 87.0 Å². The number of benzene rings is 2. The predicted octanol–water partition coefficient (Wildman–Crippen LogP) is 5.15. The van der Waals surface area contributed by atoms with Gasteiger partial charge < -0.3 is 19.6 Å². The van der Waals surface area contributed by atoms with Gasteiger partial charge in [0.15, 0.2) is 11.5 Å². The molecule has 0 aromatic heterocycles. The molecule has 0 aliphatic heterocycles. The largest absolute Gasteiger partial charge is 0.504 e. The van der Waals surface area contributed by atoms with Gasteiger partial charge in [-0.3, -0.25) is 4.57 Å². The lowest BCUT2D eigenvalue weighted by molar-refractivity contribution is 0.379. The fourth-order valence-electron chi connectivity index (χ4n) is 2.40. The molecule has 0 aliphatic rings. The molecule has 0 aliphatic carbocycles. The van der Waals surface area contributed by atoms with Crippen LogP contribution >= 0.6 is 19.4 Å². The summed E-state index contributed by atoms with van der Waals surface area (Å²) in [4.78, 5) is 18.8. The number of phenolic OH excluding ortho intramolecular Hbond substituents is 1. The molecule has 0 radical (unpaired) electrons. The fourth-order valence-corrected chi connectivity index (χ4v) is 4.19. The molecule has 7 heteroatoms. The van der Waals surface area contributed by atoms with Crippen LogP contribution in [0.25, 0.3) is 0 Å². The summed E-state index contributed by atoms with van der Waals surface area (Å²) in [6.07, 6.45) is 0. The highest BCUT2D eigenvalue weighted by molar-refractivity contribution is 8.04. The van der Waals surface area contributed by atoms with Gasteiger partial charge in [0.1, 0.15) is 11.2 Å². The van der Waals surface area contributed by atoms with Crippen LogP contribution in [0.15, 0.2) is 35.2 Å². The Morgan fingerprint density at radius 2 is 1.72 bits per heavy atom. The van der Waals surface area contributed by atoms with E-state index in [2.05, 4.69) is 13.8 Å². The van der Waals surface area contributed by atoms with Gasteiger partial charge in [0, 0.05) is 4.90 Å². The Bertz CT molecular complexity index is 790. The van der Waals surface area contributed by atoms with Crippen LogP contribution < -0.4 is 4.74 Å². The first-order chi connectivity index (χ1) is 11.6. The number of aromatic hydroxyl groups is 1. The second-order valence-corrected chi connectivity index (χ2v) is 9.43. The minimum atomic E-state index is -4.05. The van der Waals surface area contributed by atoms with Gasteiger partial charge in [-0.25, -0.2) is 0 Å². The Kier molecular flexibility index (Phi) is 6.22. The molecule has 0 spiro atoms. The minimum Gasteiger partial charge on any atom is -0.504 e. The Morgan fingerprint density at radius 1 is 1.12 bits per heavy atom. The number of phenols is 1. The highest BCUT2D eigenvalue weighted by Crippen LogP contribution is 2.43. The summed E-state index contributed by atoms with van der Waals surface area (Å²) in [5.41, 5.74) is 2.44. The van der Waals surface area contributed by atoms with E-state index in [1.807, 2.05) is 32.0 Å². The van der Waals surface area contributed by atoms with Gasteiger partial charge in [0.25, 0.3) is 0 Å². The van der Waals surface area contributed by atoms with Crippen LogP contribution in [0.3, 0.4) is 0 Å². The summed E-state index contributed by atoms with van der Waals surface area (Å²) in [5, 5.41) is 10.2. The van der Waals surface area contributed by atoms with Crippen LogP contribution in [-0.2, 0) is 4.57 Å². The maximum atomic E-state index is 11.0. The van der Waals surface area contributed by atoms with Gasteiger partial charge >= 0.3 is 7.60 Å². The van der Waals surface area contributed by atoms with Crippen molar-refractivity contribution in [3.8, 4) is 17.2 Å². The lowest BCUT2D eigenvalue weighted by atomic mass is 10.0. The normalized spacial score (nSPS) is 11.8. The number of ether oxygens (including phenoxy) is 1. The first kappa shape index (κ1) is 19.9. The van der Waals surface area contributed by atoms with Crippen molar-refractivity contribution in [2.24, 2.45) is 0 Å². The second-order valence-electron chi connectivity index (χ2n) is 6.31. The lowest BCUT2D eigenvalue weighted by Crippen LogP contribution is -1.94. The van der Waals surface area contributed by atoms with E-state index in [9.17, 15) is 9.67 Å². The summed E-state index contributed by atoms with van der Waals surface area (Å²) in [6.45, 7) is 7.84. The zero-order chi connectivity index (χ0) is 18.8. The van der Waals surface area contributed by atoms with Gasteiger partial charge in [-0.15, -0.1) is 11.8 Å². The van der Waals surface area contributed by atoms with Gasteiger partial charge in [-0.2, -0.15) is 0 Å². The van der Waals surface area contributed by atoms with Crippen molar-refractivity contribution >= 4 is 19.4 Å². The van der Waals surface area contributed by atoms with E-state index in [4.69, 9.17) is 14.5 Å². The standard InChI is InChI=1S/C18H23O5PS/c1-11(2)14-5-6-17(16(19)9-14)23-18-12(3)7-15(8-13(18)4)25-10-24(20,21)22/h5-9,11,19H,10H2,1-4H3,(H2,20,21,22). The molecule has 0 amide bonds. The maximum absolute atomic E-state index is 11.0. The molecule has 3 N–H and O–H groups in total. The number of thioether (sulfide) groups is 1. The summed E-state index contributed by atoms with van der Waals surface area (Å²) in [7, 11) is -4.05. The molecule has 2 aromatic carbocycles. The quantitative estimate of drug-likeness (QED) is 0.473. The second kappa shape index (κ2) is 7.83. The molecule has 2 aromatic rings. The molecule has 0 fully saturated rings. The molecule has 2 rings (SSSR count). The third-order valence-electron chi connectivity index (χ3n) is 3.69. The number of hydrogen-bond donors (Lipinski definition) is 3. The van der Waals surface area contributed by atoms with Gasteiger partial charge in [0.05, 0.1) is 0 Å². The molecule has 0 heterocycles. The van der Waals surface area contributed by atoms with Crippen molar-refractivity contribution in [1.82, 2.24) is 0 Å². The Balaban J connectivity index is 2.24. The van der Waals surface area contributed by atoms with Crippen molar-refractivity contribution in [1.29, 1.82) is 0 Å². The van der Waals surface area contributed by atoms with E-state index in [0.29, 0.717) is 17.4 Å². The molecule has 136 valence electrons. The molecular weight excluding hydrogens is 359 g/mol. The molecule has 25 heavy (non-hydrogen) atoms. The first-order valence-electron chi connectivity index (χ1n) is 7.86. The summed E-state index contributed by atoms with van der Waals surface area (Å²) < 4.78 is 16.9. The highest BCUT2D eigenvalue weighted by Gasteiger charge is 2.16. The zero-order valence-corrected chi connectivity index (χ0v) is 16.4. The van der Waals surface area contributed by atoms with Crippen molar-refractivity contribution < 1.29 is 24.2 Å². The van der Waals surface area contributed by atoms with E-state index in [0.717, 1.165) is 33.3 Å². The van der Waals surface area contributed by atoms with Gasteiger partial charge in [0.2, 0.25) is 0 Å². The van der Waals surface area contributed by atoms with Crippen LogP contribution in [-0.4, -0.2) is 20.4 Å². The molecule has 0 bridgehead atoms. The number of rotatable bonds is 6. The van der Waals surface area contributed by atoms with E-state index >= 15 is 0 Å². The lowest BCUT2D eigenvalue weighted by Gasteiger charge is -2.16. The average Bonchev–Trinajstić information content (AvgIpc) is 2.49. The average molecular weight is 382 g/mol. The number of aryl methyl sites for hydroxylation is 2. The van der Waals surface area contributed by atoms with Crippen LogP contribution in [0.5, 0.6) is 17.2 Å². The summed E-state index contributed by atoms with van der Waals surface area (Å²) in [6, 6.07) is 9.02. The van der Waals surface area contributed by atoms with Crippen LogP contribution in [0.1, 0.15) is 36.5 Å². The molecular formula is C18H23O5PS. The third-order valence-corrected chi connectivity index (χ3v) is 6.13. The third kappa shape index (κ3) is 5.51. The van der Waals surface area contributed by atoms with E-state index in [1.54, 1.807) is 12.1 Å². The smallest absolute Gasteiger partial charge is 0.335 e. The Morgan fingerprint density at radius 3 is 2.20 bits per heavy atom. The minimum absolute atomic E-state index is 0.0879. The number of hydrogen-bond acceptors (Lipinski definition) is 4. The molecule has 0 saturated carbocycles.